The first-order valence-corrected chi connectivity index (χ1v) is 6.59. The van der Waals surface area contributed by atoms with Crippen LogP contribution in [0.2, 0.25) is 0 Å². The zero-order chi connectivity index (χ0) is 14.5. The summed E-state index contributed by atoms with van der Waals surface area (Å²) in [5.41, 5.74) is 3.50. The molecule has 108 valence electrons. The molecule has 2 rings (SSSR count). The van der Waals surface area contributed by atoms with Crippen molar-refractivity contribution in [3.63, 3.8) is 0 Å². The zero-order valence-corrected chi connectivity index (χ0v) is 11.5. The van der Waals surface area contributed by atoms with Crippen LogP contribution >= 0.6 is 0 Å². The first-order chi connectivity index (χ1) is 9.61. The fraction of sp³-hybridized carbons (Fsp3) is 0.429. The maximum Gasteiger partial charge on any atom is 0.429 e. The van der Waals surface area contributed by atoms with Gasteiger partial charge >= 0.3 is 12.2 Å². The zero-order valence-electron chi connectivity index (χ0n) is 11.5. The summed E-state index contributed by atoms with van der Waals surface area (Å²) in [5.74, 6) is 0. The van der Waals surface area contributed by atoms with Gasteiger partial charge in [0.25, 0.3) is 0 Å². The molecule has 1 N–H and O–H groups in total. The van der Waals surface area contributed by atoms with Crippen molar-refractivity contribution in [1.82, 2.24) is 10.4 Å². The summed E-state index contributed by atoms with van der Waals surface area (Å²) in [6.45, 7) is 3.75. The molecule has 6 heteroatoms. The highest BCUT2D eigenvalue weighted by Gasteiger charge is 2.40. The summed E-state index contributed by atoms with van der Waals surface area (Å²) in [7, 11) is 0. The standard InChI is InChI=1S/C14H18N2O4/c1-3-19-13(17)15-16-12(10(2)20-14(16)18)9-11-7-5-4-6-8-11/h4-8,10,12H,3,9H2,1-2H3,(H,15,17)/t10-,12?/m1/s1. The van der Waals surface area contributed by atoms with E-state index in [2.05, 4.69) is 5.43 Å². The summed E-state index contributed by atoms with van der Waals surface area (Å²) in [4.78, 5) is 23.2. The van der Waals surface area contributed by atoms with Crippen molar-refractivity contribution in [3.05, 3.63) is 35.9 Å². The summed E-state index contributed by atoms with van der Waals surface area (Å²) in [5, 5.41) is 1.20. The molecule has 0 saturated carbocycles. The van der Waals surface area contributed by atoms with E-state index in [-0.39, 0.29) is 18.8 Å². The molecular formula is C14H18N2O4. The molecule has 0 aliphatic carbocycles. The van der Waals surface area contributed by atoms with E-state index in [0.29, 0.717) is 6.42 Å². The number of nitrogens with zero attached hydrogens (tertiary/aromatic N) is 1. The number of hydrogen-bond donors (Lipinski definition) is 1. The second-order valence-corrected chi connectivity index (χ2v) is 4.55. The lowest BCUT2D eigenvalue weighted by molar-refractivity contribution is 0.106. The number of carbonyl (C=O) groups is 2. The Morgan fingerprint density at radius 2 is 2.10 bits per heavy atom. The third kappa shape index (κ3) is 3.20. The lowest BCUT2D eigenvalue weighted by Crippen LogP contribution is -2.49. The Morgan fingerprint density at radius 3 is 2.75 bits per heavy atom. The van der Waals surface area contributed by atoms with Crippen LogP contribution < -0.4 is 5.43 Å². The number of hydrazine groups is 1. The SMILES string of the molecule is CCOC(=O)NN1C(=O)O[C@H](C)C1Cc1ccccc1. The molecule has 1 aliphatic rings. The van der Waals surface area contributed by atoms with Gasteiger partial charge in [-0.05, 0) is 25.8 Å². The predicted octanol–water partition coefficient (Wildman–Crippen LogP) is 2.10. The Morgan fingerprint density at radius 1 is 1.40 bits per heavy atom. The molecule has 1 fully saturated rings. The average molecular weight is 278 g/mol. The number of rotatable bonds is 4. The maximum absolute atomic E-state index is 11.8. The first kappa shape index (κ1) is 14.2. The van der Waals surface area contributed by atoms with Crippen molar-refractivity contribution >= 4 is 12.2 Å². The quantitative estimate of drug-likeness (QED) is 0.915. The van der Waals surface area contributed by atoms with Gasteiger partial charge in [0, 0.05) is 0 Å². The highest BCUT2D eigenvalue weighted by atomic mass is 16.6. The molecule has 2 atom stereocenters. The minimum Gasteiger partial charge on any atom is -0.449 e. The van der Waals surface area contributed by atoms with Crippen molar-refractivity contribution in [1.29, 1.82) is 0 Å². The van der Waals surface area contributed by atoms with Crippen molar-refractivity contribution in [3.8, 4) is 0 Å². The molecule has 1 aliphatic heterocycles. The number of benzene rings is 1. The van der Waals surface area contributed by atoms with Crippen LogP contribution in [0, 0.1) is 0 Å². The summed E-state index contributed by atoms with van der Waals surface area (Å²) < 4.78 is 9.94. The molecule has 2 amide bonds. The molecule has 0 bridgehead atoms. The Labute approximate surface area is 117 Å². The molecule has 0 spiro atoms. The van der Waals surface area contributed by atoms with Gasteiger partial charge in [-0.3, -0.25) is 0 Å². The van der Waals surface area contributed by atoms with Crippen molar-refractivity contribution in [2.24, 2.45) is 0 Å². The van der Waals surface area contributed by atoms with Gasteiger partial charge in [0.15, 0.2) is 0 Å². The minimum atomic E-state index is -0.656. The topological polar surface area (TPSA) is 67.9 Å². The number of ether oxygens (including phenoxy) is 2. The molecule has 1 unspecified atom stereocenters. The van der Waals surface area contributed by atoms with E-state index in [1.807, 2.05) is 30.3 Å². The highest BCUT2D eigenvalue weighted by molar-refractivity contribution is 5.75. The molecule has 0 aromatic heterocycles. The molecule has 20 heavy (non-hydrogen) atoms. The predicted molar refractivity (Wildman–Crippen MR) is 71.9 cm³/mol. The number of hydrogen-bond acceptors (Lipinski definition) is 4. The van der Waals surface area contributed by atoms with Crippen LogP contribution in [0.3, 0.4) is 0 Å². The van der Waals surface area contributed by atoms with Gasteiger partial charge < -0.3 is 9.47 Å². The third-order valence-corrected chi connectivity index (χ3v) is 3.13. The second kappa shape index (κ2) is 6.27. The smallest absolute Gasteiger partial charge is 0.429 e. The van der Waals surface area contributed by atoms with Crippen LogP contribution in [0.15, 0.2) is 30.3 Å². The van der Waals surface area contributed by atoms with E-state index in [4.69, 9.17) is 9.47 Å². The van der Waals surface area contributed by atoms with Crippen molar-refractivity contribution in [2.45, 2.75) is 32.4 Å². The van der Waals surface area contributed by atoms with Crippen LogP contribution in [-0.4, -0.2) is 35.9 Å². The first-order valence-electron chi connectivity index (χ1n) is 6.59. The molecular weight excluding hydrogens is 260 g/mol. The monoisotopic (exact) mass is 278 g/mol. The summed E-state index contributed by atoms with van der Waals surface area (Å²) in [6.07, 6.45) is -0.923. The maximum atomic E-state index is 11.8. The van der Waals surface area contributed by atoms with E-state index >= 15 is 0 Å². The van der Waals surface area contributed by atoms with Gasteiger partial charge in [-0.2, -0.15) is 0 Å². The number of cyclic esters (lactones) is 1. The minimum absolute atomic E-state index is 0.244. The van der Waals surface area contributed by atoms with Gasteiger partial charge in [0.2, 0.25) is 0 Å². The summed E-state index contributed by atoms with van der Waals surface area (Å²) >= 11 is 0. The molecule has 0 radical (unpaired) electrons. The fourth-order valence-electron chi connectivity index (χ4n) is 2.14. The average Bonchev–Trinajstić information content (AvgIpc) is 2.67. The van der Waals surface area contributed by atoms with E-state index in [1.54, 1.807) is 13.8 Å². The van der Waals surface area contributed by atoms with Crippen LogP contribution in [-0.2, 0) is 15.9 Å². The van der Waals surface area contributed by atoms with Gasteiger partial charge in [-0.15, -0.1) is 0 Å². The molecule has 1 heterocycles. The van der Waals surface area contributed by atoms with Gasteiger partial charge in [0.05, 0.1) is 12.6 Å². The van der Waals surface area contributed by atoms with Gasteiger partial charge in [-0.25, -0.2) is 20.0 Å². The lowest BCUT2D eigenvalue weighted by Gasteiger charge is -2.23. The lowest BCUT2D eigenvalue weighted by atomic mass is 10.0. The van der Waals surface area contributed by atoms with Gasteiger partial charge in [0.1, 0.15) is 6.10 Å². The Hall–Kier alpha value is -2.24. The summed E-state index contributed by atoms with van der Waals surface area (Å²) in [6, 6.07) is 9.48. The number of nitrogens with one attached hydrogen (secondary N) is 1. The van der Waals surface area contributed by atoms with E-state index in [1.165, 1.54) is 5.01 Å². The molecule has 1 saturated heterocycles. The van der Waals surface area contributed by atoms with E-state index < -0.39 is 12.2 Å². The highest BCUT2D eigenvalue weighted by Crippen LogP contribution is 2.21. The van der Waals surface area contributed by atoms with E-state index in [0.717, 1.165) is 5.56 Å². The molecule has 6 nitrogen and oxygen atoms in total. The normalized spacial score (nSPS) is 21.5. The van der Waals surface area contributed by atoms with Crippen molar-refractivity contribution < 1.29 is 19.1 Å². The van der Waals surface area contributed by atoms with E-state index in [9.17, 15) is 9.59 Å². The second-order valence-electron chi connectivity index (χ2n) is 4.55. The van der Waals surface area contributed by atoms with Crippen molar-refractivity contribution in [2.75, 3.05) is 6.61 Å². The van der Waals surface area contributed by atoms with Gasteiger partial charge in [-0.1, -0.05) is 30.3 Å². The number of amides is 2. The Balaban J connectivity index is 2.07. The Bertz CT molecular complexity index is 477. The molecule has 1 aromatic rings. The fourth-order valence-corrected chi connectivity index (χ4v) is 2.14. The Kier molecular flexibility index (Phi) is 4.45. The third-order valence-electron chi connectivity index (χ3n) is 3.13. The van der Waals surface area contributed by atoms with Crippen LogP contribution in [0.25, 0.3) is 0 Å². The van der Waals surface area contributed by atoms with Crippen LogP contribution in [0.1, 0.15) is 19.4 Å². The largest absolute Gasteiger partial charge is 0.449 e. The van der Waals surface area contributed by atoms with Crippen LogP contribution in [0.5, 0.6) is 0 Å². The molecule has 1 aromatic carbocycles. The van der Waals surface area contributed by atoms with Crippen LogP contribution in [0.4, 0.5) is 9.59 Å². The number of carbonyl (C=O) groups excluding carboxylic acids is 2.